The first-order valence-electron chi connectivity index (χ1n) is 5.58. The Labute approximate surface area is 94.9 Å². The van der Waals surface area contributed by atoms with Crippen molar-refractivity contribution in [2.75, 3.05) is 13.2 Å². The van der Waals surface area contributed by atoms with E-state index >= 15 is 0 Å². The Morgan fingerprint density at radius 3 is 3.00 bits per heavy atom. The highest BCUT2D eigenvalue weighted by Crippen LogP contribution is 2.36. The lowest BCUT2D eigenvalue weighted by atomic mass is 9.95. The molecule has 1 amide bonds. The van der Waals surface area contributed by atoms with E-state index in [2.05, 4.69) is 4.98 Å². The maximum absolute atomic E-state index is 11.8. The van der Waals surface area contributed by atoms with Gasteiger partial charge in [-0.2, -0.15) is 0 Å². The summed E-state index contributed by atoms with van der Waals surface area (Å²) >= 11 is 0. The molecular formula is C12H16N2O2. The number of carbonyl (C=O) groups excluding carboxylic acids is 1. The second kappa shape index (κ2) is 4.61. The fourth-order valence-corrected chi connectivity index (χ4v) is 2.40. The van der Waals surface area contributed by atoms with E-state index in [1.807, 2.05) is 24.0 Å². The van der Waals surface area contributed by atoms with Crippen LogP contribution in [0, 0.1) is 5.92 Å². The van der Waals surface area contributed by atoms with Crippen LogP contribution in [-0.4, -0.2) is 34.0 Å². The molecule has 86 valence electrons. The third-order valence-corrected chi connectivity index (χ3v) is 3.14. The molecule has 0 aromatic carbocycles. The summed E-state index contributed by atoms with van der Waals surface area (Å²) in [5.74, 6) is 0.118. The lowest BCUT2D eigenvalue weighted by molar-refractivity contribution is -0.128. The molecule has 1 N–H and O–H groups in total. The van der Waals surface area contributed by atoms with Gasteiger partial charge in [-0.25, -0.2) is 0 Å². The van der Waals surface area contributed by atoms with Crippen molar-refractivity contribution in [3.8, 4) is 0 Å². The average Bonchev–Trinajstić information content (AvgIpc) is 2.66. The van der Waals surface area contributed by atoms with Crippen molar-refractivity contribution in [3.05, 3.63) is 30.1 Å². The van der Waals surface area contributed by atoms with Crippen molar-refractivity contribution in [3.63, 3.8) is 0 Å². The predicted molar refractivity (Wildman–Crippen MR) is 59.6 cm³/mol. The average molecular weight is 220 g/mol. The van der Waals surface area contributed by atoms with Crippen LogP contribution in [-0.2, 0) is 4.79 Å². The number of amides is 1. The van der Waals surface area contributed by atoms with Gasteiger partial charge >= 0.3 is 0 Å². The number of pyridine rings is 1. The fourth-order valence-electron chi connectivity index (χ4n) is 2.40. The molecule has 0 saturated carbocycles. The van der Waals surface area contributed by atoms with Gasteiger partial charge in [0.05, 0.1) is 6.04 Å². The lowest BCUT2D eigenvalue weighted by Gasteiger charge is -2.26. The number of nitrogens with zero attached hydrogens (tertiary/aromatic N) is 2. The summed E-state index contributed by atoms with van der Waals surface area (Å²) in [6.07, 6.45) is 3.92. The molecule has 1 fully saturated rings. The van der Waals surface area contributed by atoms with E-state index in [0.717, 1.165) is 5.56 Å². The zero-order chi connectivity index (χ0) is 11.5. The van der Waals surface area contributed by atoms with Crippen molar-refractivity contribution < 1.29 is 9.90 Å². The number of aliphatic hydroxyl groups excluding tert-OH is 1. The first-order chi connectivity index (χ1) is 7.77. The van der Waals surface area contributed by atoms with Gasteiger partial charge in [-0.05, 0) is 18.6 Å². The van der Waals surface area contributed by atoms with E-state index in [1.165, 1.54) is 0 Å². The Morgan fingerprint density at radius 1 is 1.62 bits per heavy atom. The minimum Gasteiger partial charge on any atom is -0.396 e. The van der Waals surface area contributed by atoms with E-state index in [-0.39, 0.29) is 24.5 Å². The summed E-state index contributed by atoms with van der Waals surface area (Å²) in [5.41, 5.74) is 1.01. The second-order valence-electron chi connectivity index (χ2n) is 4.06. The molecule has 2 atom stereocenters. The van der Waals surface area contributed by atoms with Crippen molar-refractivity contribution in [2.24, 2.45) is 5.92 Å². The molecular weight excluding hydrogens is 204 g/mol. The summed E-state index contributed by atoms with van der Waals surface area (Å²) in [5, 5.41) is 9.33. The van der Waals surface area contributed by atoms with Crippen LogP contribution in [0.1, 0.15) is 24.9 Å². The zero-order valence-corrected chi connectivity index (χ0v) is 9.34. The van der Waals surface area contributed by atoms with E-state index < -0.39 is 0 Å². The highest BCUT2D eigenvalue weighted by atomic mass is 16.3. The molecule has 1 aliphatic heterocycles. The molecule has 2 rings (SSSR count). The number of likely N-dealkylation sites (tertiary alicyclic amines) is 1. The molecule has 1 saturated heterocycles. The third kappa shape index (κ3) is 1.80. The minimum absolute atomic E-state index is 0.00310. The molecule has 4 nitrogen and oxygen atoms in total. The number of aromatic nitrogens is 1. The van der Waals surface area contributed by atoms with Crippen molar-refractivity contribution in [1.82, 2.24) is 9.88 Å². The van der Waals surface area contributed by atoms with Crippen LogP contribution in [0.5, 0.6) is 0 Å². The van der Waals surface area contributed by atoms with Gasteiger partial charge in [0.25, 0.3) is 0 Å². The fraction of sp³-hybridized carbons (Fsp3) is 0.500. The van der Waals surface area contributed by atoms with Gasteiger partial charge in [0.15, 0.2) is 0 Å². The standard InChI is InChI=1S/C12H16N2O2/c1-2-14-11(16)6-10(8-15)12(14)9-4-3-5-13-7-9/h3-5,7,10,12,15H,2,6,8H2,1H3/t10-,12-/m1/s1. The minimum atomic E-state index is -0.0174. The summed E-state index contributed by atoms with van der Waals surface area (Å²) in [4.78, 5) is 17.6. The van der Waals surface area contributed by atoms with Crippen molar-refractivity contribution >= 4 is 5.91 Å². The van der Waals surface area contributed by atoms with Gasteiger partial charge in [0, 0.05) is 37.9 Å². The first kappa shape index (κ1) is 11.1. The molecule has 0 unspecified atom stereocenters. The number of rotatable bonds is 3. The normalized spacial score (nSPS) is 25.1. The molecule has 0 aliphatic carbocycles. The largest absolute Gasteiger partial charge is 0.396 e. The topological polar surface area (TPSA) is 53.4 Å². The summed E-state index contributed by atoms with van der Waals surface area (Å²) in [7, 11) is 0. The summed E-state index contributed by atoms with van der Waals surface area (Å²) < 4.78 is 0. The number of aliphatic hydroxyl groups is 1. The highest BCUT2D eigenvalue weighted by Gasteiger charge is 2.39. The molecule has 0 spiro atoms. The molecule has 1 aliphatic rings. The molecule has 16 heavy (non-hydrogen) atoms. The highest BCUT2D eigenvalue weighted by molar-refractivity contribution is 5.79. The van der Waals surface area contributed by atoms with Crippen LogP contribution < -0.4 is 0 Å². The Hall–Kier alpha value is -1.42. The predicted octanol–water partition coefficient (Wildman–Crippen LogP) is 0.983. The zero-order valence-electron chi connectivity index (χ0n) is 9.34. The Balaban J connectivity index is 2.32. The van der Waals surface area contributed by atoms with Crippen LogP contribution in [0.25, 0.3) is 0 Å². The van der Waals surface area contributed by atoms with Crippen LogP contribution in [0.15, 0.2) is 24.5 Å². The number of hydrogen-bond acceptors (Lipinski definition) is 3. The van der Waals surface area contributed by atoms with E-state index in [9.17, 15) is 9.90 Å². The monoisotopic (exact) mass is 220 g/mol. The second-order valence-corrected chi connectivity index (χ2v) is 4.06. The maximum atomic E-state index is 11.8. The van der Waals surface area contributed by atoms with Gasteiger partial charge in [-0.3, -0.25) is 9.78 Å². The molecule has 1 aromatic rings. The van der Waals surface area contributed by atoms with Gasteiger partial charge < -0.3 is 10.0 Å². The Kier molecular flexibility index (Phi) is 3.19. The van der Waals surface area contributed by atoms with Gasteiger partial charge in [0.2, 0.25) is 5.91 Å². The number of carbonyl (C=O) groups is 1. The van der Waals surface area contributed by atoms with Crippen molar-refractivity contribution in [1.29, 1.82) is 0 Å². The third-order valence-electron chi connectivity index (χ3n) is 3.14. The molecule has 0 radical (unpaired) electrons. The SMILES string of the molecule is CCN1C(=O)C[C@H](CO)[C@H]1c1cccnc1. The van der Waals surface area contributed by atoms with Crippen molar-refractivity contribution in [2.45, 2.75) is 19.4 Å². The molecule has 0 bridgehead atoms. The Morgan fingerprint density at radius 2 is 2.44 bits per heavy atom. The summed E-state index contributed by atoms with van der Waals surface area (Å²) in [6.45, 7) is 2.68. The lowest BCUT2D eigenvalue weighted by Crippen LogP contribution is -2.29. The van der Waals surface area contributed by atoms with Crippen LogP contribution >= 0.6 is 0 Å². The molecule has 4 heteroatoms. The molecule has 2 heterocycles. The van der Waals surface area contributed by atoms with E-state index in [0.29, 0.717) is 13.0 Å². The van der Waals surface area contributed by atoms with E-state index in [4.69, 9.17) is 0 Å². The Bertz CT molecular complexity index is 367. The first-order valence-corrected chi connectivity index (χ1v) is 5.58. The van der Waals surface area contributed by atoms with Gasteiger partial charge in [0.1, 0.15) is 0 Å². The van der Waals surface area contributed by atoms with Crippen LogP contribution in [0.2, 0.25) is 0 Å². The smallest absolute Gasteiger partial charge is 0.223 e. The maximum Gasteiger partial charge on any atom is 0.223 e. The number of hydrogen-bond donors (Lipinski definition) is 1. The van der Waals surface area contributed by atoms with E-state index in [1.54, 1.807) is 12.4 Å². The summed E-state index contributed by atoms with van der Waals surface area (Å²) in [6, 6.07) is 3.80. The van der Waals surface area contributed by atoms with Gasteiger partial charge in [-0.1, -0.05) is 6.07 Å². The van der Waals surface area contributed by atoms with Crippen LogP contribution in [0.4, 0.5) is 0 Å². The quantitative estimate of drug-likeness (QED) is 0.826. The molecule has 1 aromatic heterocycles. The van der Waals surface area contributed by atoms with Gasteiger partial charge in [-0.15, -0.1) is 0 Å². The van der Waals surface area contributed by atoms with Crippen LogP contribution in [0.3, 0.4) is 0 Å².